The van der Waals surface area contributed by atoms with E-state index in [1.165, 1.54) is 89.9 Å². The Morgan fingerprint density at radius 1 is 0.567 bits per heavy atom. The van der Waals surface area contributed by atoms with Gasteiger partial charge in [-0.1, -0.05) is 117 Å². The Morgan fingerprint density at radius 2 is 0.900 bits per heavy atom. The fourth-order valence-corrected chi connectivity index (χ4v) is 4.25. The molecule has 0 bridgehead atoms. The average Bonchev–Trinajstić information content (AvgIpc) is 2.72. The first-order valence-corrected chi connectivity index (χ1v) is 13.4. The van der Waals surface area contributed by atoms with Crippen LogP contribution in [0.25, 0.3) is 0 Å². The van der Waals surface area contributed by atoms with Crippen LogP contribution in [0.5, 0.6) is 0 Å². The maximum absolute atomic E-state index is 10.4. The number of unbranched alkanes of at least 4 members (excludes halogenated alkanes) is 14. The molecule has 0 saturated heterocycles. The molecule has 4 N–H and O–H groups in total. The van der Waals surface area contributed by atoms with Crippen LogP contribution in [0.15, 0.2) is 0 Å². The average molecular weight is 429 g/mol. The minimum Gasteiger partial charge on any atom is -0.392 e. The molecule has 0 spiro atoms. The Balaban J connectivity index is 3.77. The smallest absolute Gasteiger partial charge is 0.0667 e. The quantitative estimate of drug-likeness (QED) is 0.164. The summed E-state index contributed by atoms with van der Waals surface area (Å²) >= 11 is 0. The second-order valence-electron chi connectivity index (χ2n) is 9.38. The van der Waals surface area contributed by atoms with Gasteiger partial charge in [0.25, 0.3) is 0 Å². The summed E-state index contributed by atoms with van der Waals surface area (Å²) in [6, 6.07) is 0. The summed E-state index contributed by atoms with van der Waals surface area (Å²) in [5.41, 5.74) is 5.76. The van der Waals surface area contributed by atoms with Crippen molar-refractivity contribution in [3.05, 3.63) is 0 Å². The first kappa shape index (κ1) is 29.8. The third kappa shape index (κ3) is 21.1. The second-order valence-corrected chi connectivity index (χ2v) is 9.38. The van der Waals surface area contributed by atoms with Gasteiger partial charge in [0.05, 0.1) is 12.2 Å². The standard InChI is InChI=1S/C26H56N2O2/c1-3-5-7-9-11-13-15-17-19-25(29)23-28(22-21-27)24-26(30)20-18-16-14-12-10-8-6-4-2/h25-26,29-30H,3-24,27H2,1-2H3. The van der Waals surface area contributed by atoms with Crippen LogP contribution in [-0.4, -0.2) is 53.5 Å². The first-order valence-electron chi connectivity index (χ1n) is 13.4. The van der Waals surface area contributed by atoms with Crippen molar-refractivity contribution < 1.29 is 10.2 Å². The van der Waals surface area contributed by atoms with Crippen LogP contribution in [0, 0.1) is 0 Å². The summed E-state index contributed by atoms with van der Waals surface area (Å²) in [4.78, 5) is 2.16. The Bertz CT molecular complexity index is 300. The molecule has 0 rings (SSSR count). The van der Waals surface area contributed by atoms with Crippen LogP contribution in [0.2, 0.25) is 0 Å². The van der Waals surface area contributed by atoms with Crippen LogP contribution < -0.4 is 5.73 Å². The zero-order valence-corrected chi connectivity index (χ0v) is 20.6. The highest BCUT2D eigenvalue weighted by atomic mass is 16.3. The van der Waals surface area contributed by atoms with Gasteiger partial charge in [0, 0.05) is 26.2 Å². The Morgan fingerprint density at radius 3 is 1.23 bits per heavy atom. The fraction of sp³-hybridized carbons (Fsp3) is 1.00. The summed E-state index contributed by atoms with van der Waals surface area (Å²) in [5, 5.41) is 20.8. The molecule has 4 nitrogen and oxygen atoms in total. The number of aliphatic hydroxyl groups is 2. The maximum atomic E-state index is 10.4. The van der Waals surface area contributed by atoms with Crippen LogP contribution >= 0.6 is 0 Å². The predicted molar refractivity (Wildman–Crippen MR) is 132 cm³/mol. The summed E-state index contributed by atoms with van der Waals surface area (Å²) in [6.07, 6.45) is 21.8. The predicted octanol–water partition coefficient (Wildman–Crippen LogP) is 6.03. The van der Waals surface area contributed by atoms with Gasteiger partial charge in [-0.3, -0.25) is 4.90 Å². The number of nitrogens with zero attached hydrogens (tertiary/aromatic N) is 1. The van der Waals surface area contributed by atoms with Gasteiger partial charge >= 0.3 is 0 Å². The molecular weight excluding hydrogens is 372 g/mol. The normalized spacial score (nSPS) is 13.8. The molecular formula is C26H56N2O2. The van der Waals surface area contributed by atoms with E-state index in [9.17, 15) is 10.2 Å². The molecule has 0 aromatic heterocycles. The molecule has 0 fully saturated rings. The largest absolute Gasteiger partial charge is 0.392 e. The third-order valence-corrected chi connectivity index (χ3v) is 6.17. The molecule has 0 radical (unpaired) electrons. The van der Waals surface area contributed by atoms with Gasteiger partial charge in [0.2, 0.25) is 0 Å². The lowest BCUT2D eigenvalue weighted by atomic mass is 10.0. The molecule has 0 aromatic carbocycles. The molecule has 0 aliphatic rings. The monoisotopic (exact) mass is 428 g/mol. The van der Waals surface area contributed by atoms with Crippen LogP contribution in [0.1, 0.15) is 129 Å². The highest BCUT2D eigenvalue weighted by Crippen LogP contribution is 2.13. The zero-order valence-electron chi connectivity index (χ0n) is 20.6. The van der Waals surface area contributed by atoms with Gasteiger partial charge in [-0.05, 0) is 12.8 Å². The van der Waals surface area contributed by atoms with Crippen molar-refractivity contribution in [1.82, 2.24) is 4.90 Å². The lowest BCUT2D eigenvalue weighted by Gasteiger charge is -2.27. The van der Waals surface area contributed by atoms with Gasteiger partial charge in [0.1, 0.15) is 0 Å². The van der Waals surface area contributed by atoms with Gasteiger partial charge < -0.3 is 15.9 Å². The van der Waals surface area contributed by atoms with E-state index in [0.717, 1.165) is 32.2 Å². The highest BCUT2D eigenvalue weighted by molar-refractivity contribution is 4.70. The van der Waals surface area contributed by atoms with E-state index in [-0.39, 0.29) is 12.2 Å². The molecule has 0 saturated carbocycles. The van der Waals surface area contributed by atoms with E-state index < -0.39 is 0 Å². The summed E-state index contributed by atoms with van der Waals surface area (Å²) < 4.78 is 0. The molecule has 2 unspecified atom stereocenters. The molecule has 2 atom stereocenters. The van der Waals surface area contributed by atoms with Crippen LogP contribution in [0.4, 0.5) is 0 Å². The number of aliphatic hydroxyl groups excluding tert-OH is 2. The number of hydrogen-bond acceptors (Lipinski definition) is 4. The van der Waals surface area contributed by atoms with E-state index in [2.05, 4.69) is 18.7 Å². The van der Waals surface area contributed by atoms with Gasteiger partial charge in [0.15, 0.2) is 0 Å². The first-order chi connectivity index (χ1) is 14.6. The van der Waals surface area contributed by atoms with E-state index in [1.54, 1.807) is 0 Å². The van der Waals surface area contributed by atoms with Gasteiger partial charge in [-0.25, -0.2) is 0 Å². The molecule has 182 valence electrons. The Labute approximate surface area is 189 Å². The Hall–Kier alpha value is -0.160. The number of hydrogen-bond donors (Lipinski definition) is 3. The molecule has 0 amide bonds. The molecule has 0 aliphatic heterocycles. The topological polar surface area (TPSA) is 69.7 Å². The summed E-state index contributed by atoms with van der Waals surface area (Å²) in [7, 11) is 0. The Kier molecular flexibility index (Phi) is 23.4. The molecule has 4 heteroatoms. The van der Waals surface area contributed by atoms with Crippen molar-refractivity contribution in [2.75, 3.05) is 26.2 Å². The highest BCUT2D eigenvalue weighted by Gasteiger charge is 2.15. The maximum Gasteiger partial charge on any atom is 0.0667 e. The van der Waals surface area contributed by atoms with Gasteiger partial charge in [-0.2, -0.15) is 0 Å². The van der Waals surface area contributed by atoms with Crippen molar-refractivity contribution in [1.29, 1.82) is 0 Å². The van der Waals surface area contributed by atoms with Crippen LogP contribution in [-0.2, 0) is 0 Å². The fourth-order valence-electron chi connectivity index (χ4n) is 4.25. The van der Waals surface area contributed by atoms with Crippen LogP contribution in [0.3, 0.4) is 0 Å². The summed E-state index contributed by atoms with van der Waals surface area (Å²) in [6.45, 7) is 7.12. The molecule has 0 aliphatic carbocycles. The number of rotatable bonds is 24. The van der Waals surface area contributed by atoms with Crippen molar-refractivity contribution >= 4 is 0 Å². The van der Waals surface area contributed by atoms with E-state index in [0.29, 0.717) is 19.6 Å². The van der Waals surface area contributed by atoms with E-state index >= 15 is 0 Å². The van der Waals surface area contributed by atoms with Crippen molar-refractivity contribution in [3.63, 3.8) is 0 Å². The molecule has 30 heavy (non-hydrogen) atoms. The lowest BCUT2D eigenvalue weighted by molar-refractivity contribution is 0.0621. The molecule has 0 heterocycles. The zero-order chi connectivity index (χ0) is 22.3. The SMILES string of the molecule is CCCCCCCCCCC(O)CN(CCN)CC(O)CCCCCCCCCC. The van der Waals surface area contributed by atoms with Crippen molar-refractivity contribution in [2.24, 2.45) is 5.73 Å². The van der Waals surface area contributed by atoms with E-state index in [1.807, 2.05) is 0 Å². The minimum atomic E-state index is -0.299. The lowest BCUT2D eigenvalue weighted by Crippen LogP contribution is -2.40. The minimum absolute atomic E-state index is 0.299. The number of nitrogens with two attached hydrogens (primary N) is 1. The van der Waals surface area contributed by atoms with Gasteiger partial charge in [-0.15, -0.1) is 0 Å². The molecule has 0 aromatic rings. The second kappa shape index (κ2) is 23.5. The third-order valence-electron chi connectivity index (χ3n) is 6.17. The summed E-state index contributed by atoms with van der Waals surface area (Å²) in [5.74, 6) is 0. The van der Waals surface area contributed by atoms with Crippen molar-refractivity contribution in [3.8, 4) is 0 Å². The van der Waals surface area contributed by atoms with E-state index in [4.69, 9.17) is 5.73 Å². The van der Waals surface area contributed by atoms with Crippen molar-refractivity contribution in [2.45, 2.75) is 142 Å².